The first-order valence-corrected chi connectivity index (χ1v) is 8.11. The smallest absolute Gasteiger partial charge is 0.0198 e. The summed E-state index contributed by atoms with van der Waals surface area (Å²) < 4.78 is 0. The van der Waals surface area contributed by atoms with E-state index in [-0.39, 0.29) is 0 Å². The molecule has 0 aromatic heterocycles. The third-order valence-corrected chi connectivity index (χ3v) is 3.95. The number of hydrogen-bond donors (Lipinski definition) is 1. The molecule has 0 bridgehead atoms. The van der Waals surface area contributed by atoms with E-state index in [4.69, 9.17) is 0 Å². The fourth-order valence-corrected chi connectivity index (χ4v) is 3.03. The zero-order valence-corrected chi connectivity index (χ0v) is 13.0. The Hall–Kier alpha value is -0.0800. The fourth-order valence-electron chi connectivity index (χ4n) is 3.03. The molecule has 0 radical (unpaired) electrons. The van der Waals surface area contributed by atoms with Crippen LogP contribution in [0.2, 0.25) is 0 Å². The van der Waals surface area contributed by atoms with Crippen LogP contribution < -0.4 is 5.32 Å². The van der Waals surface area contributed by atoms with Crippen molar-refractivity contribution in [3.8, 4) is 0 Å². The third kappa shape index (κ3) is 6.19. The van der Waals surface area contributed by atoms with Gasteiger partial charge in [0.15, 0.2) is 0 Å². The second-order valence-electron chi connectivity index (χ2n) is 6.50. The standard InChI is InChI=1S/C16H34N2/c1-5-7-9-18-12-15(8-6-2)10-16(13-18)17-11-14(3)4/h14-17H,5-13H2,1-4H3. The molecule has 1 saturated heterocycles. The molecule has 108 valence electrons. The molecule has 2 nitrogen and oxygen atoms in total. The molecule has 1 aliphatic heterocycles. The van der Waals surface area contributed by atoms with E-state index in [0.717, 1.165) is 17.9 Å². The summed E-state index contributed by atoms with van der Waals surface area (Å²) in [6.45, 7) is 14.3. The summed E-state index contributed by atoms with van der Waals surface area (Å²) in [5, 5.41) is 3.77. The van der Waals surface area contributed by atoms with Gasteiger partial charge in [0.05, 0.1) is 0 Å². The summed E-state index contributed by atoms with van der Waals surface area (Å²) in [4.78, 5) is 2.70. The van der Waals surface area contributed by atoms with E-state index >= 15 is 0 Å². The molecule has 2 atom stereocenters. The summed E-state index contributed by atoms with van der Waals surface area (Å²) in [7, 11) is 0. The maximum atomic E-state index is 3.77. The highest BCUT2D eigenvalue weighted by Crippen LogP contribution is 2.21. The maximum absolute atomic E-state index is 3.77. The van der Waals surface area contributed by atoms with Gasteiger partial charge in [0.2, 0.25) is 0 Å². The zero-order valence-electron chi connectivity index (χ0n) is 13.0. The molecule has 1 rings (SSSR count). The molecule has 0 spiro atoms. The normalized spacial score (nSPS) is 25.8. The van der Waals surface area contributed by atoms with Gasteiger partial charge in [-0.15, -0.1) is 0 Å². The molecule has 18 heavy (non-hydrogen) atoms. The van der Waals surface area contributed by atoms with Gasteiger partial charge in [0, 0.05) is 19.1 Å². The molecule has 1 aliphatic rings. The van der Waals surface area contributed by atoms with Crippen molar-refractivity contribution in [2.75, 3.05) is 26.2 Å². The van der Waals surface area contributed by atoms with Gasteiger partial charge in [0.25, 0.3) is 0 Å². The Morgan fingerprint density at radius 1 is 1.17 bits per heavy atom. The van der Waals surface area contributed by atoms with Crippen LogP contribution in [0.1, 0.15) is 59.8 Å². The first kappa shape index (κ1) is 16.0. The lowest BCUT2D eigenvalue weighted by Gasteiger charge is -2.38. The minimum absolute atomic E-state index is 0.731. The Labute approximate surface area is 115 Å². The van der Waals surface area contributed by atoms with E-state index in [1.54, 1.807) is 0 Å². The lowest BCUT2D eigenvalue weighted by atomic mass is 9.90. The first-order valence-electron chi connectivity index (χ1n) is 8.11. The fraction of sp³-hybridized carbons (Fsp3) is 1.00. The number of nitrogens with one attached hydrogen (secondary N) is 1. The monoisotopic (exact) mass is 254 g/mol. The predicted molar refractivity (Wildman–Crippen MR) is 81.0 cm³/mol. The highest BCUT2D eigenvalue weighted by Gasteiger charge is 2.25. The summed E-state index contributed by atoms with van der Waals surface area (Å²) in [5.41, 5.74) is 0. The Kier molecular flexibility index (Phi) is 7.92. The van der Waals surface area contributed by atoms with Crippen molar-refractivity contribution in [3.63, 3.8) is 0 Å². The van der Waals surface area contributed by atoms with Crippen molar-refractivity contribution in [2.45, 2.75) is 65.8 Å². The molecule has 1 heterocycles. The molecule has 1 N–H and O–H groups in total. The van der Waals surface area contributed by atoms with Crippen molar-refractivity contribution in [3.05, 3.63) is 0 Å². The predicted octanol–water partition coefficient (Wildman–Crippen LogP) is 3.52. The number of rotatable bonds is 8. The van der Waals surface area contributed by atoms with Crippen LogP contribution >= 0.6 is 0 Å². The number of unbranched alkanes of at least 4 members (excludes halogenated alkanes) is 1. The molecule has 0 saturated carbocycles. The van der Waals surface area contributed by atoms with E-state index in [2.05, 4.69) is 37.9 Å². The van der Waals surface area contributed by atoms with Crippen molar-refractivity contribution in [2.24, 2.45) is 11.8 Å². The lowest BCUT2D eigenvalue weighted by Crippen LogP contribution is -2.50. The molecule has 0 amide bonds. The average molecular weight is 254 g/mol. The van der Waals surface area contributed by atoms with Gasteiger partial charge >= 0.3 is 0 Å². The second-order valence-corrected chi connectivity index (χ2v) is 6.50. The summed E-state index contributed by atoms with van der Waals surface area (Å²) in [6.07, 6.45) is 6.81. The molecule has 0 aromatic rings. The van der Waals surface area contributed by atoms with Crippen molar-refractivity contribution in [1.29, 1.82) is 0 Å². The van der Waals surface area contributed by atoms with E-state index in [1.807, 2.05) is 0 Å². The van der Waals surface area contributed by atoms with Crippen LogP contribution in [0.15, 0.2) is 0 Å². The third-order valence-electron chi connectivity index (χ3n) is 3.95. The number of likely N-dealkylation sites (tertiary alicyclic amines) is 1. The van der Waals surface area contributed by atoms with Crippen LogP contribution in [-0.4, -0.2) is 37.1 Å². The molecule has 0 aromatic carbocycles. The SMILES string of the molecule is CCCCN1CC(CCC)CC(NCC(C)C)C1. The van der Waals surface area contributed by atoms with Gasteiger partial charge in [-0.1, -0.05) is 40.5 Å². The highest BCUT2D eigenvalue weighted by atomic mass is 15.2. The van der Waals surface area contributed by atoms with Gasteiger partial charge in [-0.25, -0.2) is 0 Å². The minimum Gasteiger partial charge on any atom is -0.312 e. The zero-order chi connectivity index (χ0) is 13.4. The Morgan fingerprint density at radius 2 is 1.94 bits per heavy atom. The van der Waals surface area contributed by atoms with Crippen LogP contribution in [0, 0.1) is 11.8 Å². The molecular weight excluding hydrogens is 220 g/mol. The van der Waals surface area contributed by atoms with E-state index in [0.29, 0.717) is 0 Å². The Balaban J connectivity index is 2.40. The second kappa shape index (κ2) is 8.92. The van der Waals surface area contributed by atoms with Crippen LogP contribution in [-0.2, 0) is 0 Å². The molecule has 0 aliphatic carbocycles. The Bertz CT molecular complexity index is 203. The van der Waals surface area contributed by atoms with Gasteiger partial charge in [-0.05, 0) is 44.2 Å². The summed E-state index contributed by atoms with van der Waals surface area (Å²) in [6, 6.07) is 0.731. The van der Waals surface area contributed by atoms with Gasteiger partial charge in [-0.2, -0.15) is 0 Å². The maximum Gasteiger partial charge on any atom is 0.0198 e. The lowest BCUT2D eigenvalue weighted by molar-refractivity contribution is 0.132. The minimum atomic E-state index is 0.731. The van der Waals surface area contributed by atoms with Crippen LogP contribution in [0.4, 0.5) is 0 Å². The summed E-state index contributed by atoms with van der Waals surface area (Å²) >= 11 is 0. The molecular formula is C16H34N2. The number of nitrogens with zero attached hydrogens (tertiary/aromatic N) is 1. The van der Waals surface area contributed by atoms with Gasteiger partial charge in [0.1, 0.15) is 0 Å². The highest BCUT2D eigenvalue weighted by molar-refractivity contribution is 4.83. The van der Waals surface area contributed by atoms with Crippen LogP contribution in [0.5, 0.6) is 0 Å². The van der Waals surface area contributed by atoms with E-state index in [1.165, 1.54) is 58.3 Å². The Morgan fingerprint density at radius 3 is 2.56 bits per heavy atom. The molecule has 2 unspecified atom stereocenters. The van der Waals surface area contributed by atoms with Crippen molar-refractivity contribution in [1.82, 2.24) is 10.2 Å². The first-order chi connectivity index (χ1) is 8.65. The topological polar surface area (TPSA) is 15.3 Å². The van der Waals surface area contributed by atoms with Gasteiger partial charge < -0.3 is 10.2 Å². The van der Waals surface area contributed by atoms with Crippen molar-refractivity contribution >= 4 is 0 Å². The number of piperidine rings is 1. The number of hydrogen-bond acceptors (Lipinski definition) is 2. The summed E-state index contributed by atoms with van der Waals surface area (Å²) in [5.74, 6) is 1.69. The van der Waals surface area contributed by atoms with E-state index in [9.17, 15) is 0 Å². The van der Waals surface area contributed by atoms with E-state index < -0.39 is 0 Å². The van der Waals surface area contributed by atoms with Gasteiger partial charge in [-0.3, -0.25) is 0 Å². The van der Waals surface area contributed by atoms with Crippen LogP contribution in [0.25, 0.3) is 0 Å². The largest absolute Gasteiger partial charge is 0.312 e. The van der Waals surface area contributed by atoms with Crippen LogP contribution in [0.3, 0.4) is 0 Å². The molecule has 1 fully saturated rings. The van der Waals surface area contributed by atoms with Crippen molar-refractivity contribution < 1.29 is 0 Å². The average Bonchev–Trinajstić information content (AvgIpc) is 2.34. The molecule has 2 heteroatoms. The quantitative estimate of drug-likeness (QED) is 0.713.